The van der Waals surface area contributed by atoms with E-state index in [1.165, 1.54) is 0 Å². The van der Waals surface area contributed by atoms with Crippen LogP contribution < -0.4 is 4.74 Å². The van der Waals surface area contributed by atoms with E-state index in [9.17, 15) is 4.79 Å². The number of aromatic nitrogens is 1. The van der Waals surface area contributed by atoms with E-state index < -0.39 is 0 Å². The quantitative estimate of drug-likeness (QED) is 0.846. The second-order valence-electron chi connectivity index (χ2n) is 5.61. The molecule has 1 aromatic heterocycles. The predicted octanol–water partition coefficient (Wildman–Crippen LogP) is 3.61. The van der Waals surface area contributed by atoms with Crippen molar-refractivity contribution in [3.8, 4) is 5.75 Å². The largest absolute Gasteiger partial charge is 0.487 e. The molecule has 1 fully saturated rings. The molecule has 4 nitrogen and oxygen atoms in total. The molecule has 2 heterocycles. The van der Waals surface area contributed by atoms with Gasteiger partial charge < -0.3 is 9.64 Å². The second kappa shape index (κ2) is 7.36. The highest BCUT2D eigenvalue weighted by Crippen LogP contribution is 2.22. The molecule has 0 radical (unpaired) electrons. The van der Waals surface area contributed by atoms with Crippen molar-refractivity contribution in [3.05, 3.63) is 45.9 Å². The molecule has 3 rings (SSSR count). The number of hydrogen-bond donors (Lipinski definition) is 0. The standard InChI is InChI=1S/C17H20N2O2S2/c1-12-9-19(6-7-22-12)17(20)14-4-3-5-16(8-14)21-10-15-11-23-13(2)18-15/h3-5,8,11-12H,6-7,9-10H2,1-2H3/t12-/m1/s1. The van der Waals surface area contributed by atoms with Crippen LogP contribution in [0, 0.1) is 6.92 Å². The van der Waals surface area contributed by atoms with E-state index in [0.29, 0.717) is 23.2 Å². The molecule has 1 amide bonds. The van der Waals surface area contributed by atoms with Crippen LogP contribution in [-0.2, 0) is 6.61 Å². The topological polar surface area (TPSA) is 42.4 Å². The number of thioether (sulfide) groups is 1. The summed E-state index contributed by atoms with van der Waals surface area (Å²) < 4.78 is 5.77. The Bertz CT molecular complexity index is 687. The lowest BCUT2D eigenvalue weighted by atomic mass is 10.2. The Morgan fingerprint density at radius 3 is 3.09 bits per heavy atom. The van der Waals surface area contributed by atoms with E-state index in [1.54, 1.807) is 11.3 Å². The maximum absolute atomic E-state index is 12.6. The SMILES string of the molecule is Cc1nc(COc2cccc(C(=O)N3CCS[C@H](C)C3)c2)cs1. The third-order valence-corrected chi connectivity index (χ3v) is 5.62. The number of amides is 1. The fraction of sp³-hybridized carbons (Fsp3) is 0.412. The molecule has 0 unspecified atom stereocenters. The van der Waals surface area contributed by atoms with E-state index in [0.717, 1.165) is 29.5 Å². The van der Waals surface area contributed by atoms with Gasteiger partial charge in [-0.25, -0.2) is 4.98 Å². The Hall–Kier alpha value is -1.53. The lowest BCUT2D eigenvalue weighted by Gasteiger charge is -2.30. The molecule has 1 aliphatic heterocycles. The van der Waals surface area contributed by atoms with Crippen molar-refractivity contribution in [2.75, 3.05) is 18.8 Å². The van der Waals surface area contributed by atoms with Gasteiger partial charge in [0.25, 0.3) is 5.91 Å². The van der Waals surface area contributed by atoms with Crippen LogP contribution in [0.4, 0.5) is 0 Å². The van der Waals surface area contributed by atoms with E-state index >= 15 is 0 Å². The highest BCUT2D eigenvalue weighted by atomic mass is 32.2. The Morgan fingerprint density at radius 1 is 1.48 bits per heavy atom. The summed E-state index contributed by atoms with van der Waals surface area (Å²) in [7, 11) is 0. The fourth-order valence-electron chi connectivity index (χ4n) is 2.54. The van der Waals surface area contributed by atoms with Crippen molar-refractivity contribution in [2.24, 2.45) is 0 Å². The molecule has 0 N–H and O–H groups in total. The smallest absolute Gasteiger partial charge is 0.254 e. The molecule has 1 saturated heterocycles. The zero-order valence-electron chi connectivity index (χ0n) is 13.3. The van der Waals surface area contributed by atoms with Gasteiger partial charge >= 0.3 is 0 Å². The fourth-order valence-corrected chi connectivity index (χ4v) is 4.15. The van der Waals surface area contributed by atoms with Gasteiger partial charge in [-0.15, -0.1) is 11.3 Å². The Balaban J connectivity index is 1.65. The van der Waals surface area contributed by atoms with Crippen LogP contribution in [-0.4, -0.2) is 39.9 Å². The van der Waals surface area contributed by atoms with Crippen LogP contribution >= 0.6 is 23.1 Å². The van der Waals surface area contributed by atoms with Crippen molar-refractivity contribution in [3.63, 3.8) is 0 Å². The zero-order valence-corrected chi connectivity index (χ0v) is 15.0. The molecule has 1 aliphatic rings. The van der Waals surface area contributed by atoms with Crippen molar-refractivity contribution in [1.82, 2.24) is 9.88 Å². The molecular weight excluding hydrogens is 328 g/mol. The molecule has 0 bridgehead atoms. The summed E-state index contributed by atoms with van der Waals surface area (Å²) in [5.41, 5.74) is 1.61. The van der Waals surface area contributed by atoms with Gasteiger partial charge in [0.2, 0.25) is 0 Å². The minimum Gasteiger partial charge on any atom is -0.487 e. The number of carbonyl (C=O) groups excluding carboxylic acids is 1. The van der Waals surface area contributed by atoms with Gasteiger partial charge in [-0.3, -0.25) is 4.79 Å². The normalized spacial score (nSPS) is 18.0. The molecule has 1 atom stereocenters. The summed E-state index contributed by atoms with van der Waals surface area (Å²) in [6, 6.07) is 7.43. The monoisotopic (exact) mass is 348 g/mol. The van der Waals surface area contributed by atoms with E-state index in [1.807, 2.05) is 53.2 Å². The number of thiazole rings is 1. The van der Waals surface area contributed by atoms with Crippen molar-refractivity contribution < 1.29 is 9.53 Å². The summed E-state index contributed by atoms with van der Waals surface area (Å²) in [4.78, 5) is 18.9. The van der Waals surface area contributed by atoms with Crippen LogP contribution in [0.15, 0.2) is 29.6 Å². The predicted molar refractivity (Wildman–Crippen MR) is 95.4 cm³/mol. The summed E-state index contributed by atoms with van der Waals surface area (Å²) in [5, 5.41) is 3.53. The molecule has 6 heteroatoms. The Morgan fingerprint density at radius 2 is 2.35 bits per heavy atom. The molecular formula is C17H20N2O2S2. The molecule has 0 aliphatic carbocycles. The molecule has 0 spiro atoms. The highest BCUT2D eigenvalue weighted by Gasteiger charge is 2.22. The van der Waals surface area contributed by atoms with Crippen LogP contribution in [0.25, 0.3) is 0 Å². The first-order valence-electron chi connectivity index (χ1n) is 7.66. The molecule has 0 saturated carbocycles. The Labute approximate surface area is 144 Å². The zero-order chi connectivity index (χ0) is 16.2. The summed E-state index contributed by atoms with van der Waals surface area (Å²) >= 11 is 3.53. The number of rotatable bonds is 4. The summed E-state index contributed by atoms with van der Waals surface area (Å²) in [6.07, 6.45) is 0. The van der Waals surface area contributed by atoms with Crippen LogP contribution in [0.3, 0.4) is 0 Å². The first kappa shape index (κ1) is 16.3. The van der Waals surface area contributed by atoms with Gasteiger partial charge in [0.15, 0.2) is 0 Å². The summed E-state index contributed by atoms with van der Waals surface area (Å²) in [5.74, 6) is 1.81. The lowest BCUT2D eigenvalue weighted by Crippen LogP contribution is -2.41. The number of ether oxygens (including phenoxy) is 1. The van der Waals surface area contributed by atoms with Crippen LogP contribution in [0.2, 0.25) is 0 Å². The first-order chi connectivity index (χ1) is 11.1. The number of nitrogens with zero attached hydrogens (tertiary/aromatic N) is 2. The molecule has 122 valence electrons. The third-order valence-electron chi connectivity index (χ3n) is 3.66. The maximum atomic E-state index is 12.6. The average Bonchev–Trinajstić information content (AvgIpc) is 2.98. The van der Waals surface area contributed by atoms with Crippen molar-refractivity contribution in [2.45, 2.75) is 25.7 Å². The van der Waals surface area contributed by atoms with Crippen LogP contribution in [0.1, 0.15) is 28.0 Å². The van der Waals surface area contributed by atoms with Gasteiger partial charge in [0.1, 0.15) is 12.4 Å². The van der Waals surface area contributed by atoms with Crippen molar-refractivity contribution in [1.29, 1.82) is 0 Å². The van der Waals surface area contributed by atoms with Gasteiger partial charge in [-0.2, -0.15) is 11.8 Å². The van der Waals surface area contributed by atoms with E-state index in [2.05, 4.69) is 11.9 Å². The molecule has 23 heavy (non-hydrogen) atoms. The van der Waals surface area contributed by atoms with Gasteiger partial charge in [-0.05, 0) is 25.1 Å². The van der Waals surface area contributed by atoms with Gasteiger partial charge in [0, 0.05) is 35.0 Å². The average molecular weight is 348 g/mol. The number of carbonyl (C=O) groups is 1. The van der Waals surface area contributed by atoms with Gasteiger partial charge in [-0.1, -0.05) is 13.0 Å². The first-order valence-corrected chi connectivity index (χ1v) is 9.59. The number of aryl methyl sites for hydroxylation is 1. The number of hydrogen-bond acceptors (Lipinski definition) is 5. The minimum absolute atomic E-state index is 0.0899. The van der Waals surface area contributed by atoms with E-state index in [4.69, 9.17) is 4.74 Å². The molecule has 1 aromatic carbocycles. The lowest BCUT2D eigenvalue weighted by molar-refractivity contribution is 0.0762. The maximum Gasteiger partial charge on any atom is 0.254 e. The molecule has 2 aromatic rings. The van der Waals surface area contributed by atoms with Crippen molar-refractivity contribution >= 4 is 29.0 Å². The summed E-state index contributed by atoms with van der Waals surface area (Å²) in [6.45, 7) is 6.20. The van der Waals surface area contributed by atoms with Crippen LogP contribution in [0.5, 0.6) is 5.75 Å². The minimum atomic E-state index is 0.0899. The number of benzene rings is 1. The highest BCUT2D eigenvalue weighted by molar-refractivity contribution is 7.99. The van der Waals surface area contributed by atoms with E-state index in [-0.39, 0.29) is 5.91 Å². The second-order valence-corrected chi connectivity index (χ2v) is 8.22. The van der Waals surface area contributed by atoms with Gasteiger partial charge in [0.05, 0.1) is 10.7 Å². The Kier molecular flexibility index (Phi) is 5.23. The third kappa shape index (κ3) is 4.26.